The van der Waals surface area contributed by atoms with Gasteiger partial charge in [-0.3, -0.25) is 5.10 Å². The van der Waals surface area contributed by atoms with Crippen LogP contribution >= 0.6 is 0 Å². The average molecular weight is 466 g/mol. The quantitative estimate of drug-likeness (QED) is 0.254. The van der Waals surface area contributed by atoms with Crippen molar-refractivity contribution in [3.63, 3.8) is 0 Å². The highest BCUT2D eigenvalue weighted by Crippen LogP contribution is 2.39. The summed E-state index contributed by atoms with van der Waals surface area (Å²) >= 11 is 0. The lowest BCUT2D eigenvalue weighted by Gasteiger charge is -2.11. The summed E-state index contributed by atoms with van der Waals surface area (Å²) in [6.45, 7) is -0.310. The molecule has 33 heavy (non-hydrogen) atoms. The summed E-state index contributed by atoms with van der Waals surface area (Å²) in [4.78, 5) is 9.31. The van der Waals surface area contributed by atoms with Gasteiger partial charge in [-0.15, -0.1) is 0 Å². The molecule has 0 aliphatic heterocycles. The summed E-state index contributed by atoms with van der Waals surface area (Å²) < 4.78 is 26.7. The lowest BCUT2D eigenvalue weighted by atomic mass is 10.2. The molecule has 0 spiro atoms. The minimum atomic E-state index is -3.67. The van der Waals surface area contributed by atoms with Crippen LogP contribution in [-0.4, -0.2) is 46.8 Å². The number of H-pyrrole nitrogens is 1. The first kappa shape index (κ1) is 21.3. The summed E-state index contributed by atoms with van der Waals surface area (Å²) in [5.74, 6) is 2.24. The zero-order chi connectivity index (χ0) is 22.8. The van der Waals surface area contributed by atoms with Crippen LogP contribution in [0.5, 0.6) is 0 Å². The zero-order valence-corrected chi connectivity index (χ0v) is 18.4. The first-order chi connectivity index (χ1) is 16.0. The monoisotopic (exact) mass is 465 g/mol. The Kier molecular flexibility index (Phi) is 5.67. The van der Waals surface area contributed by atoms with Crippen LogP contribution in [0.2, 0.25) is 0 Å². The number of hydrogen-bond acceptors (Lipinski definition) is 8. The predicted molar refractivity (Wildman–Crippen MR) is 125 cm³/mol. The number of aliphatic hydroxyl groups is 1. The van der Waals surface area contributed by atoms with Gasteiger partial charge in [-0.2, -0.15) is 10.1 Å². The van der Waals surface area contributed by atoms with Crippen molar-refractivity contribution in [2.45, 2.75) is 23.7 Å². The van der Waals surface area contributed by atoms with Crippen LogP contribution in [0.1, 0.15) is 24.5 Å². The molecule has 11 heteroatoms. The largest absolute Gasteiger partial charge is 0.395 e. The van der Waals surface area contributed by atoms with Gasteiger partial charge >= 0.3 is 0 Å². The van der Waals surface area contributed by atoms with E-state index in [0.717, 1.165) is 16.6 Å². The summed E-state index contributed by atoms with van der Waals surface area (Å²) in [7, 11) is -3.67. The fraction of sp³-hybridized carbons (Fsp3) is 0.227. The smallest absolute Gasteiger partial charge is 0.240 e. The van der Waals surface area contributed by atoms with Gasteiger partial charge in [0.1, 0.15) is 5.82 Å². The van der Waals surface area contributed by atoms with E-state index in [-0.39, 0.29) is 18.0 Å². The molecule has 5 N–H and O–H groups in total. The van der Waals surface area contributed by atoms with E-state index in [4.69, 9.17) is 5.11 Å². The standard InChI is InChI=1S/C22H23N7O3S/c30-12-11-23-33(31,32)16-9-7-15(8-10-16)24-22-25-18-4-2-1-3-17(18)21(27-22)26-20-13-19(28-29-20)14-5-6-14/h1-4,7-10,13-14,23,30H,5-6,11-12H2,(H3,24,25,26,27,28,29). The van der Waals surface area contributed by atoms with E-state index in [1.54, 1.807) is 12.1 Å². The Bertz CT molecular complexity index is 1380. The zero-order valence-electron chi connectivity index (χ0n) is 17.6. The topological polar surface area (TPSA) is 145 Å². The third kappa shape index (κ3) is 4.80. The highest BCUT2D eigenvalue weighted by molar-refractivity contribution is 7.89. The number of rotatable bonds is 9. The normalized spacial score (nSPS) is 13.8. The van der Waals surface area contributed by atoms with Crippen LogP contribution in [0.15, 0.2) is 59.5 Å². The second-order valence-corrected chi connectivity index (χ2v) is 9.56. The number of anilines is 4. The van der Waals surface area contributed by atoms with Gasteiger partial charge in [0, 0.05) is 35.3 Å². The van der Waals surface area contributed by atoms with E-state index in [1.807, 2.05) is 30.3 Å². The predicted octanol–water partition coefficient (Wildman–Crippen LogP) is 2.99. The van der Waals surface area contributed by atoms with Crippen LogP contribution < -0.4 is 15.4 Å². The van der Waals surface area contributed by atoms with E-state index in [0.29, 0.717) is 29.2 Å². The molecule has 0 unspecified atom stereocenters. The maximum Gasteiger partial charge on any atom is 0.240 e. The van der Waals surface area contributed by atoms with Gasteiger partial charge in [-0.25, -0.2) is 18.1 Å². The van der Waals surface area contributed by atoms with E-state index >= 15 is 0 Å². The van der Waals surface area contributed by atoms with Crippen LogP contribution in [0.4, 0.5) is 23.3 Å². The fourth-order valence-electron chi connectivity index (χ4n) is 3.46. The summed E-state index contributed by atoms with van der Waals surface area (Å²) in [6.07, 6.45) is 2.37. The second kappa shape index (κ2) is 8.77. The fourth-order valence-corrected chi connectivity index (χ4v) is 4.48. The molecule has 2 aromatic heterocycles. The van der Waals surface area contributed by atoms with Crippen molar-refractivity contribution in [1.82, 2.24) is 24.9 Å². The molecule has 1 fully saturated rings. The Labute approximate surface area is 190 Å². The lowest BCUT2D eigenvalue weighted by molar-refractivity contribution is 0.301. The molecule has 1 aliphatic rings. The van der Waals surface area contributed by atoms with E-state index in [2.05, 4.69) is 35.5 Å². The molecule has 1 aliphatic carbocycles. The number of nitrogens with one attached hydrogen (secondary N) is 4. The molecule has 4 aromatic rings. The summed E-state index contributed by atoms with van der Waals surface area (Å²) in [5, 5.41) is 23.5. The molecule has 10 nitrogen and oxygen atoms in total. The molecule has 0 atom stereocenters. The second-order valence-electron chi connectivity index (χ2n) is 7.79. The van der Waals surface area contributed by atoms with Crippen molar-refractivity contribution in [3.8, 4) is 0 Å². The molecule has 2 heterocycles. The molecule has 5 rings (SSSR count). The molecule has 0 radical (unpaired) electrons. The van der Waals surface area contributed by atoms with Crippen LogP contribution in [-0.2, 0) is 10.0 Å². The van der Waals surface area contributed by atoms with E-state index in [9.17, 15) is 8.42 Å². The van der Waals surface area contributed by atoms with Crippen molar-refractivity contribution >= 4 is 44.2 Å². The number of sulfonamides is 1. The number of hydrogen-bond donors (Lipinski definition) is 5. The van der Waals surface area contributed by atoms with Crippen molar-refractivity contribution in [1.29, 1.82) is 0 Å². The van der Waals surface area contributed by atoms with Gasteiger partial charge < -0.3 is 15.7 Å². The third-order valence-electron chi connectivity index (χ3n) is 5.29. The third-order valence-corrected chi connectivity index (χ3v) is 6.77. The molecule has 0 amide bonds. The first-order valence-electron chi connectivity index (χ1n) is 10.6. The summed E-state index contributed by atoms with van der Waals surface area (Å²) in [5.41, 5.74) is 2.51. The van der Waals surface area contributed by atoms with Crippen molar-refractivity contribution < 1.29 is 13.5 Å². The van der Waals surface area contributed by atoms with Gasteiger partial charge in [0.25, 0.3) is 0 Å². The van der Waals surface area contributed by atoms with Crippen LogP contribution in [0, 0.1) is 0 Å². The number of aromatic nitrogens is 4. The minimum Gasteiger partial charge on any atom is -0.395 e. The SMILES string of the molecule is O=S(=O)(NCCO)c1ccc(Nc2nc(Nc3cc(C4CC4)[nH]n3)c3ccccc3n2)cc1. The van der Waals surface area contributed by atoms with Gasteiger partial charge in [0.2, 0.25) is 16.0 Å². The Morgan fingerprint density at radius 3 is 2.58 bits per heavy atom. The van der Waals surface area contributed by atoms with E-state index < -0.39 is 10.0 Å². The molecular formula is C22H23N7O3S. The highest BCUT2D eigenvalue weighted by atomic mass is 32.2. The molecule has 0 bridgehead atoms. The number of benzene rings is 2. The number of aromatic amines is 1. The molecular weight excluding hydrogens is 442 g/mol. The highest BCUT2D eigenvalue weighted by Gasteiger charge is 2.25. The molecule has 0 saturated heterocycles. The van der Waals surface area contributed by atoms with Crippen LogP contribution in [0.25, 0.3) is 10.9 Å². The number of aliphatic hydroxyl groups excluding tert-OH is 1. The van der Waals surface area contributed by atoms with Gasteiger partial charge in [0.15, 0.2) is 5.82 Å². The van der Waals surface area contributed by atoms with Crippen molar-refractivity contribution in [3.05, 3.63) is 60.3 Å². The van der Waals surface area contributed by atoms with Crippen LogP contribution in [0.3, 0.4) is 0 Å². The lowest BCUT2D eigenvalue weighted by Crippen LogP contribution is -2.26. The Morgan fingerprint density at radius 2 is 1.82 bits per heavy atom. The maximum atomic E-state index is 12.2. The Balaban J connectivity index is 1.40. The van der Waals surface area contributed by atoms with Crippen molar-refractivity contribution in [2.24, 2.45) is 0 Å². The molecule has 1 saturated carbocycles. The average Bonchev–Trinajstić information content (AvgIpc) is 3.57. The summed E-state index contributed by atoms with van der Waals surface area (Å²) in [6, 6.07) is 15.9. The van der Waals surface area contributed by atoms with Gasteiger partial charge in [-0.05, 0) is 49.2 Å². The van der Waals surface area contributed by atoms with Crippen molar-refractivity contribution in [2.75, 3.05) is 23.8 Å². The first-order valence-corrected chi connectivity index (χ1v) is 12.1. The molecule has 2 aromatic carbocycles. The van der Waals surface area contributed by atoms with Gasteiger partial charge in [0.05, 0.1) is 17.0 Å². The van der Waals surface area contributed by atoms with E-state index in [1.165, 1.54) is 25.0 Å². The minimum absolute atomic E-state index is 0.0405. The Hall–Kier alpha value is -3.54. The number of para-hydroxylation sites is 1. The Morgan fingerprint density at radius 1 is 1.03 bits per heavy atom. The van der Waals surface area contributed by atoms with Gasteiger partial charge in [-0.1, -0.05) is 12.1 Å². The maximum absolute atomic E-state index is 12.2. The molecule has 170 valence electrons. The number of fused-ring (bicyclic) bond motifs is 1. The number of nitrogens with zero attached hydrogens (tertiary/aromatic N) is 3.